The van der Waals surface area contributed by atoms with Crippen molar-refractivity contribution in [2.24, 2.45) is 0 Å². The molecule has 3 nitrogen and oxygen atoms in total. The average Bonchev–Trinajstić information content (AvgIpc) is 2.56. The molecule has 0 saturated carbocycles. The maximum Gasteiger partial charge on any atom is 0.134 e. The zero-order valence-corrected chi connectivity index (χ0v) is 8.70. The predicted molar refractivity (Wildman–Crippen MR) is 56.8 cm³/mol. The van der Waals surface area contributed by atoms with E-state index in [1.54, 1.807) is 7.11 Å². The lowest BCUT2D eigenvalue weighted by Gasteiger charge is -1.97. The van der Waals surface area contributed by atoms with Gasteiger partial charge in [-0.3, -0.25) is 0 Å². The van der Waals surface area contributed by atoms with Gasteiger partial charge in [-0.1, -0.05) is 0 Å². The quantitative estimate of drug-likeness (QED) is 0.750. The molecule has 76 valence electrons. The molecule has 15 heavy (non-hydrogen) atoms. The van der Waals surface area contributed by atoms with Gasteiger partial charge in [0.05, 0.1) is 19.6 Å². The first kappa shape index (κ1) is 9.60. The summed E-state index contributed by atoms with van der Waals surface area (Å²) in [7, 11) is 1.63. The molecule has 0 fully saturated rings. The van der Waals surface area contributed by atoms with Crippen LogP contribution in [0.15, 0.2) is 22.6 Å². The number of fused-ring (bicyclic) bond motifs is 1. The fourth-order valence-electron chi connectivity index (χ4n) is 1.62. The van der Waals surface area contributed by atoms with Crippen molar-refractivity contribution in [3.63, 3.8) is 0 Å². The van der Waals surface area contributed by atoms with Crippen molar-refractivity contribution < 1.29 is 9.15 Å². The summed E-state index contributed by atoms with van der Waals surface area (Å²) in [5, 5.41) is 9.65. The Morgan fingerprint density at radius 1 is 1.47 bits per heavy atom. The highest BCUT2D eigenvalue weighted by Gasteiger charge is 2.10. The van der Waals surface area contributed by atoms with Crippen LogP contribution in [0.2, 0.25) is 0 Å². The molecule has 1 aromatic heterocycles. The van der Waals surface area contributed by atoms with Gasteiger partial charge in [-0.05, 0) is 30.7 Å². The number of furan rings is 1. The van der Waals surface area contributed by atoms with Crippen molar-refractivity contribution in [1.29, 1.82) is 5.26 Å². The second kappa shape index (κ2) is 3.66. The Morgan fingerprint density at radius 3 is 2.93 bits per heavy atom. The first-order valence-electron chi connectivity index (χ1n) is 4.69. The van der Waals surface area contributed by atoms with Gasteiger partial charge in [0.1, 0.15) is 17.1 Å². The normalized spacial score (nSPS) is 10.2. The van der Waals surface area contributed by atoms with Crippen molar-refractivity contribution in [3.05, 3.63) is 29.5 Å². The molecule has 0 aliphatic carbocycles. The monoisotopic (exact) mass is 201 g/mol. The Balaban J connectivity index is 2.62. The van der Waals surface area contributed by atoms with Gasteiger partial charge in [-0.25, -0.2) is 0 Å². The Morgan fingerprint density at radius 2 is 2.27 bits per heavy atom. The molecular weight excluding hydrogens is 190 g/mol. The molecule has 0 atom stereocenters. The number of methoxy groups -OCH3 is 1. The molecule has 0 aliphatic rings. The van der Waals surface area contributed by atoms with Crippen LogP contribution in [0.1, 0.15) is 11.3 Å². The van der Waals surface area contributed by atoms with E-state index in [2.05, 4.69) is 6.07 Å². The van der Waals surface area contributed by atoms with E-state index in [-0.39, 0.29) is 0 Å². The maximum absolute atomic E-state index is 8.64. The van der Waals surface area contributed by atoms with E-state index in [1.807, 2.05) is 25.1 Å². The standard InChI is InChI=1S/C12H11NO2/c1-8-10-7-9(14-2)3-4-12(10)15-11(8)5-6-13/h3-4,7H,5H2,1-2H3. The number of rotatable bonds is 2. The van der Waals surface area contributed by atoms with Crippen LogP contribution in [0.4, 0.5) is 0 Å². The summed E-state index contributed by atoms with van der Waals surface area (Å²) in [5.74, 6) is 1.54. The van der Waals surface area contributed by atoms with Crippen molar-refractivity contribution >= 4 is 11.0 Å². The lowest BCUT2D eigenvalue weighted by atomic mass is 10.1. The molecule has 0 amide bonds. The smallest absolute Gasteiger partial charge is 0.134 e. The zero-order valence-electron chi connectivity index (χ0n) is 8.70. The molecule has 0 aliphatic heterocycles. The highest BCUT2D eigenvalue weighted by atomic mass is 16.5. The topological polar surface area (TPSA) is 46.2 Å². The summed E-state index contributed by atoms with van der Waals surface area (Å²) in [6.07, 6.45) is 0.308. The van der Waals surface area contributed by atoms with Gasteiger partial charge in [0.25, 0.3) is 0 Å². The van der Waals surface area contributed by atoms with E-state index in [1.165, 1.54) is 0 Å². The summed E-state index contributed by atoms with van der Waals surface area (Å²) >= 11 is 0. The Labute approximate surface area is 87.9 Å². The number of hydrogen-bond donors (Lipinski definition) is 0. The van der Waals surface area contributed by atoms with Crippen LogP contribution in [0.3, 0.4) is 0 Å². The SMILES string of the molecule is COc1ccc2oc(CC#N)c(C)c2c1. The van der Waals surface area contributed by atoms with E-state index in [0.29, 0.717) is 6.42 Å². The average molecular weight is 201 g/mol. The molecule has 0 N–H and O–H groups in total. The van der Waals surface area contributed by atoms with Crippen LogP contribution in [0.25, 0.3) is 11.0 Å². The van der Waals surface area contributed by atoms with Crippen molar-refractivity contribution in [1.82, 2.24) is 0 Å². The van der Waals surface area contributed by atoms with Crippen LogP contribution in [0.5, 0.6) is 5.75 Å². The zero-order chi connectivity index (χ0) is 10.8. The lowest BCUT2D eigenvalue weighted by molar-refractivity contribution is 0.415. The maximum atomic E-state index is 8.64. The largest absolute Gasteiger partial charge is 0.497 e. The fraction of sp³-hybridized carbons (Fsp3) is 0.250. The summed E-state index contributed by atoms with van der Waals surface area (Å²) in [5.41, 5.74) is 1.82. The summed E-state index contributed by atoms with van der Waals surface area (Å²) in [4.78, 5) is 0. The summed E-state index contributed by atoms with van der Waals surface area (Å²) < 4.78 is 10.7. The minimum atomic E-state index is 0.308. The summed E-state index contributed by atoms with van der Waals surface area (Å²) in [6, 6.07) is 7.73. The number of hydrogen-bond acceptors (Lipinski definition) is 3. The first-order chi connectivity index (χ1) is 7.26. The fourth-order valence-corrected chi connectivity index (χ4v) is 1.62. The molecule has 0 radical (unpaired) electrons. The Kier molecular flexibility index (Phi) is 2.34. The van der Waals surface area contributed by atoms with Gasteiger partial charge in [-0.15, -0.1) is 0 Å². The number of aryl methyl sites for hydroxylation is 1. The van der Waals surface area contributed by atoms with Crippen LogP contribution in [0, 0.1) is 18.3 Å². The van der Waals surface area contributed by atoms with Crippen LogP contribution >= 0.6 is 0 Å². The molecule has 0 saturated heterocycles. The van der Waals surface area contributed by atoms with E-state index >= 15 is 0 Å². The number of benzene rings is 1. The number of nitriles is 1. The molecule has 2 rings (SSSR count). The third kappa shape index (κ3) is 1.55. The van der Waals surface area contributed by atoms with E-state index in [9.17, 15) is 0 Å². The number of nitrogens with zero attached hydrogens (tertiary/aromatic N) is 1. The number of ether oxygens (including phenoxy) is 1. The molecule has 1 aromatic carbocycles. The third-order valence-electron chi connectivity index (χ3n) is 2.48. The van der Waals surface area contributed by atoms with Gasteiger partial charge >= 0.3 is 0 Å². The molecular formula is C12H11NO2. The molecule has 0 bridgehead atoms. The van der Waals surface area contributed by atoms with E-state index in [4.69, 9.17) is 14.4 Å². The van der Waals surface area contributed by atoms with Crippen molar-refractivity contribution in [2.45, 2.75) is 13.3 Å². The highest BCUT2D eigenvalue weighted by Crippen LogP contribution is 2.28. The van der Waals surface area contributed by atoms with Crippen LogP contribution in [-0.2, 0) is 6.42 Å². The van der Waals surface area contributed by atoms with Gasteiger partial charge in [0.2, 0.25) is 0 Å². The second-order valence-corrected chi connectivity index (χ2v) is 3.35. The molecule has 3 heteroatoms. The minimum absolute atomic E-state index is 0.308. The van der Waals surface area contributed by atoms with Gasteiger partial charge in [0, 0.05) is 5.39 Å². The van der Waals surface area contributed by atoms with Gasteiger partial charge in [-0.2, -0.15) is 5.26 Å². The lowest BCUT2D eigenvalue weighted by Crippen LogP contribution is -1.82. The highest BCUT2D eigenvalue weighted by molar-refractivity contribution is 5.83. The van der Waals surface area contributed by atoms with Crippen molar-refractivity contribution in [3.8, 4) is 11.8 Å². The second-order valence-electron chi connectivity index (χ2n) is 3.35. The van der Waals surface area contributed by atoms with E-state index < -0.39 is 0 Å². The van der Waals surface area contributed by atoms with Crippen LogP contribution in [-0.4, -0.2) is 7.11 Å². The first-order valence-corrected chi connectivity index (χ1v) is 4.69. The van der Waals surface area contributed by atoms with Gasteiger partial charge in [0.15, 0.2) is 0 Å². The van der Waals surface area contributed by atoms with Crippen LogP contribution < -0.4 is 4.74 Å². The van der Waals surface area contributed by atoms with Gasteiger partial charge < -0.3 is 9.15 Å². The molecule has 2 aromatic rings. The predicted octanol–water partition coefficient (Wildman–Crippen LogP) is 2.82. The molecule has 0 unspecified atom stereocenters. The Hall–Kier alpha value is -1.95. The van der Waals surface area contributed by atoms with Crippen molar-refractivity contribution in [2.75, 3.05) is 7.11 Å². The van der Waals surface area contributed by atoms with E-state index in [0.717, 1.165) is 28.0 Å². The minimum Gasteiger partial charge on any atom is -0.497 e. The Bertz CT molecular complexity index is 534. The third-order valence-corrected chi connectivity index (χ3v) is 2.48. The molecule has 1 heterocycles. The molecule has 0 spiro atoms. The summed E-state index contributed by atoms with van der Waals surface area (Å²) in [6.45, 7) is 1.96.